The molecule has 3 heterocycles. The number of aliphatic hydroxyl groups excluding tert-OH is 10. The van der Waals surface area contributed by atoms with E-state index >= 15 is 0 Å². The number of hydrogen-bond donors (Lipinski definition) is 10. The highest BCUT2D eigenvalue weighted by atomic mass is 16.8. The molecule has 0 aromatic carbocycles. The molecular weight excluding hydrogens is 512 g/mol. The van der Waals surface area contributed by atoms with Crippen LogP contribution in [-0.4, -0.2) is 169 Å². The Morgan fingerprint density at radius 2 is 1.11 bits per heavy atom. The Balaban J connectivity index is 1.83. The second kappa shape index (κ2) is 12.8. The lowest BCUT2D eigenvalue weighted by atomic mass is 9.96. The first-order valence-electron chi connectivity index (χ1n) is 11.5. The first-order chi connectivity index (χ1) is 17.4. The van der Waals surface area contributed by atoms with Crippen LogP contribution in [0, 0.1) is 0 Å². The fourth-order valence-corrected chi connectivity index (χ4v) is 4.36. The number of carbonyl (C=O) groups excluding carboxylic acids is 1. The molecular formula is C20H34O17. The smallest absolute Gasteiger partial charge is 0.303 e. The molecule has 6 unspecified atom stereocenters. The minimum Gasteiger partial charge on any atom is -0.454 e. The van der Waals surface area contributed by atoms with Crippen molar-refractivity contribution in [2.75, 3.05) is 19.8 Å². The fraction of sp³-hybridized carbons (Fsp3) is 0.950. The molecule has 0 radical (unpaired) electrons. The van der Waals surface area contributed by atoms with Crippen molar-refractivity contribution < 1.29 is 84.3 Å². The van der Waals surface area contributed by atoms with Gasteiger partial charge in [0.25, 0.3) is 0 Å². The monoisotopic (exact) mass is 546 g/mol. The minimum absolute atomic E-state index is 0.762. The third kappa shape index (κ3) is 6.38. The van der Waals surface area contributed by atoms with E-state index in [2.05, 4.69) is 0 Å². The quantitative estimate of drug-likeness (QED) is 0.127. The van der Waals surface area contributed by atoms with E-state index in [1.54, 1.807) is 0 Å². The largest absolute Gasteiger partial charge is 0.454 e. The molecule has 3 rings (SSSR count). The summed E-state index contributed by atoms with van der Waals surface area (Å²) in [5, 5.41) is 100. The van der Waals surface area contributed by atoms with Crippen molar-refractivity contribution in [1.29, 1.82) is 0 Å². The van der Waals surface area contributed by atoms with Gasteiger partial charge in [0.1, 0.15) is 67.1 Å². The van der Waals surface area contributed by atoms with Crippen LogP contribution in [0.25, 0.3) is 0 Å². The van der Waals surface area contributed by atoms with Gasteiger partial charge >= 0.3 is 5.97 Å². The van der Waals surface area contributed by atoms with E-state index in [1.807, 2.05) is 0 Å². The van der Waals surface area contributed by atoms with Gasteiger partial charge in [0, 0.05) is 6.92 Å². The molecule has 15 atom stereocenters. The summed E-state index contributed by atoms with van der Waals surface area (Å²) in [6.07, 6.45) is -25.3. The maximum absolute atomic E-state index is 11.8. The highest BCUT2D eigenvalue weighted by molar-refractivity contribution is 5.66. The van der Waals surface area contributed by atoms with Crippen LogP contribution < -0.4 is 0 Å². The molecule has 0 aromatic rings. The zero-order valence-corrected chi connectivity index (χ0v) is 19.6. The predicted molar refractivity (Wildman–Crippen MR) is 111 cm³/mol. The number of aliphatic hydroxyl groups is 10. The normalized spacial score (nSPS) is 49.0. The van der Waals surface area contributed by atoms with E-state index in [9.17, 15) is 55.9 Å². The first-order valence-corrected chi connectivity index (χ1v) is 11.5. The van der Waals surface area contributed by atoms with Crippen molar-refractivity contribution in [3.05, 3.63) is 0 Å². The first kappa shape index (κ1) is 30.4. The molecule has 3 aliphatic heterocycles. The van der Waals surface area contributed by atoms with Crippen LogP contribution in [0.2, 0.25) is 0 Å². The minimum atomic E-state index is -1.86. The Morgan fingerprint density at radius 1 is 0.595 bits per heavy atom. The summed E-state index contributed by atoms with van der Waals surface area (Å²) >= 11 is 0. The summed E-state index contributed by atoms with van der Waals surface area (Å²) in [7, 11) is 0. The van der Waals surface area contributed by atoms with Gasteiger partial charge in [-0.3, -0.25) is 4.79 Å². The summed E-state index contributed by atoms with van der Waals surface area (Å²) in [5.41, 5.74) is 0. The van der Waals surface area contributed by atoms with Gasteiger partial charge < -0.3 is 79.5 Å². The van der Waals surface area contributed by atoms with Gasteiger partial charge in [-0.2, -0.15) is 0 Å². The standard InChI is InChI=1S/C20H34O17/c1-5(24)32-17-14(30)16(36-19-13(29)10(26)9(25)6(2-21)34-19)8(4-23)35-20(17)37-15-7(3-22)33-18(31)12(28)11(15)27/h6-23,25-31H,2-4H2,1H3/t6?,7?,8?,9-,10-,11+,12?,13?,14-,15-,16-,17?,18+,19-,20-/m1/s1. The second-order valence-corrected chi connectivity index (χ2v) is 8.92. The Kier molecular flexibility index (Phi) is 10.5. The van der Waals surface area contributed by atoms with Crippen molar-refractivity contribution in [3.63, 3.8) is 0 Å². The highest BCUT2D eigenvalue weighted by Gasteiger charge is 2.54. The summed E-state index contributed by atoms with van der Waals surface area (Å²) < 4.78 is 32.1. The molecule has 37 heavy (non-hydrogen) atoms. The summed E-state index contributed by atoms with van der Waals surface area (Å²) in [4.78, 5) is 11.8. The number of carbonyl (C=O) groups is 1. The zero-order valence-electron chi connectivity index (χ0n) is 19.6. The second-order valence-electron chi connectivity index (χ2n) is 8.92. The third-order valence-corrected chi connectivity index (χ3v) is 6.37. The Bertz CT molecular complexity index is 738. The Hall–Kier alpha value is -1.13. The van der Waals surface area contributed by atoms with Gasteiger partial charge in [-0.05, 0) is 0 Å². The van der Waals surface area contributed by atoms with Crippen LogP contribution in [0.4, 0.5) is 0 Å². The average Bonchev–Trinajstić information content (AvgIpc) is 2.87. The molecule has 0 saturated carbocycles. The van der Waals surface area contributed by atoms with Gasteiger partial charge in [0.2, 0.25) is 0 Å². The maximum atomic E-state index is 11.8. The topological polar surface area (TPSA) is 275 Å². The molecule has 0 aromatic heterocycles. The van der Waals surface area contributed by atoms with Gasteiger partial charge in [-0.15, -0.1) is 0 Å². The Morgan fingerprint density at radius 3 is 1.68 bits per heavy atom. The highest BCUT2D eigenvalue weighted by Crippen LogP contribution is 2.33. The SMILES string of the molecule is CC(=O)OC1[C@@H](O[C@@H]2C(CO)O[C@H](O)C(O)[C@@H]2O)OC(CO)[C@@H](O[C@H]2OC(CO)[C@@H](O)[C@@H](O)C2O)[C@H]1O. The van der Waals surface area contributed by atoms with Gasteiger partial charge in [0.15, 0.2) is 25.0 Å². The summed E-state index contributed by atoms with van der Waals surface area (Å²) in [6.45, 7) is -1.40. The van der Waals surface area contributed by atoms with Crippen LogP contribution in [0.1, 0.15) is 6.92 Å². The van der Waals surface area contributed by atoms with Crippen LogP contribution in [0.5, 0.6) is 0 Å². The number of ether oxygens (including phenoxy) is 6. The number of rotatable bonds is 8. The molecule has 3 saturated heterocycles. The van der Waals surface area contributed by atoms with E-state index in [-0.39, 0.29) is 0 Å². The van der Waals surface area contributed by atoms with E-state index in [4.69, 9.17) is 28.4 Å². The van der Waals surface area contributed by atoms with Crippen molar-refractivity contribution >= 4 is 5.97 Å². The van der Waals surface area contributed by atoms with Crippen molar-refractivity contribution in [3.8, 4) is 0 Å². The van der Waals surface area contributed by atoms with Gasteiger partial charge in [0.05, 0.1) is 19.8 Å². The molecule has 17 heteroatoms. The molecule has 17 nitrogen and oxygen atoms in total. The predicted octanol–water partition coefficient (Wildman–Crippen LogP) is -7.00. The van der Waals surface area contributed by atoms with E-state index in [1.165, 1.54) is 0 Å². The fourth-order valence-electron chi connectivity index (χ4n) is 4.36. The zero-order chi connectivity index (χ0) is 27.6. The molecule has 3 aliphatic rings. The van der Waals surface area contributed by atoms with Gasteiger partial charge in [-0.25, -0.2) is 0 Å². The van der Waals surface area contributed by atoms with E-state index in [0.717, 1.165) is 6.92 Å². The van der Waals surface area contributed by atoms with Crippen molar-refractivity contribution in [1.82, 2.24) is 0 Å². The number of hydrogen-bond acceptors (Lipinski definition) is 17. The Labute approximate surface area is 209 Å². The molecule has 0 amide bonds. The van der Waals surface area contributed by atoms with Crippen LogP contribution >= 0.6 is 0 Å². The third-order valence-electron chi connectivity index (χ3n) is 6.37. The lowest BCUT2D eigenvalue weighted by molar-refractivity contribution is -0.378. The van der Waals surface area contributed by atoms with E-state index < -0.39 is 118 Å². The van der Waals surface area contributed by atoms with Crippen molar-refractivity contribution in [2.24, 2.45) is 0 Å². The molecule has 0 spiro atoms. The van der Waals surface area contributed by atoms with E-state index in [0.29, 0.717) is 0 Å². The summed E-state index contributed by atoms with van der Waals surface area (Å²) in [6, 6.07) is 0. The van der Waals surface area contributed by atoms with Crippen LogP contribution in [-0.2, 0) is 33.2 Å². The van der Waals surface area contributed by atoms with Gasteiger partial charge in [-0.1, -0.05) is 0 Å². The molecule has 0 aliphatic carbocycles. The van der Waals surface area contributed by atoms with Crippen molar-refractivity contribution in [2.45, 2.75) is 99.0 Å². The average molecular weight is 546 g/mol. The van der Waals surface area contributed by atoms with Crippen LogP contribution in [0.3, 0.4) is 0 Å². The molecule has 0 bridgehead atoms. The lowest BCUT2D eigenvalue weighted by Crippen LogP contribution is -2.67. The molecule has 216 valence electrons. The summed E-state index contributed by atoms with van der Waals surface area (Å²) in [5.74, 6) is -0.926. The lowest BCUT2D eigenvalue weighted by Gasteiger charge is -2.48. The van der Waals surface area contributed by atoms with Crippen LogP contribution in [0.15, 0.2) is 0 Å². The molecule has 10 N–H and O–H groups in total. The maximum Gasteiger partial charge on any atom is 0.303 e. The number of esters is 1. The molecule has 3 fully saturated rings.